The maximum atomic E-state index is 13.2. The third kappa shape index (κ3) is 5.04. The van der Waals surface area contributed by atoms with Crippen molar-refractivity contribution in [3.63, 3.8) is 0 Å². The largest absolute Gasteiger partial charge is 0.338 e. The van der Waals surface area contributed by atoms with Crippen molar-refractivity contribution >= 4 is 75.3 Å². The SMILES string of the molecule is O=C(c1ccccc1)c1ccc2nc(-c3c(Cl)c(Cl)c(Cl)c(Cl)c3C(=O)NN=Cc3ccccc3)[nH]c2c1. The molecule has 1 amide bonds. The van der Waals surface area contributed by atoms with Crippen molar-refractivity contribution < 1.29 is 9.59 Å². The molecule has 0 spiro atoms. The molecule has 1 heterocycles. The van der Waals surface area contributed by atoms with Crippen LogP contribution >= 0.6 is 46.4 Å². The van der Waals surface area contributed by atoms with Gasteiger partial charge in [-0.05, 0) is 23.8 Å². The van der Waals surface area contributed by atoms with Gasteiger partial charge in [0.2, 0.25) is 0 Å². The van der Waals surface area contributed by atoms with Gasteiger partial charge < -0.3 is 4.98 Å². The standard InChI is InChI=1S/C28H16Cl4N4O2/c29-22-20(21(23(30)25(32)24(22)31)28(38)36-33-14-15-7-3-1-4-8-15)27-34-18-12-11-17(13-19(18)35-27)26(37)16-9-5-2-6-10-16/h1-14H,(H,34,35)(H,36,38). The minimum Gasteiger partial charge on any atom is -0.338 e. The summed E-state index contributed by atoms with van der Waals surface area (Å²) in [4.78, 5) is 33.8. The molecule has 0 unspecified atom stereocenters. The third-order valence-electron chi connectivity index (χ3n) is 5.69. The van der Waals surface area contributed by atoms with Crippen molar-refractivity contribution in [3.8, 4) is 11.4 Å². The van der Waals surface area contributed by atoms with Crippen LogP contribution in [0.1, 0.15) is 31.8 Å². The first-order valence-electron chi connectivity index (χ1n) is 11.2. The van der Waals surface area contributed by atoms with Crippen LogP contribution in [0.15, 0.2) is 84.0 Å². The molecular formula is C28H16Cl4N4O2. The van der Waals surface area contributed by atoms with E-state index in [-0.39, 0.29) is 42.8 Å². The number of halogens is 4. The summed E-state index contributed by atoms with van der Waals surface area (Å²) >= 11 is 25.7. The van der Waals surface area contributed by atoms with Gasteiger partial charge in [0.25, 0.3) is 5.91 Å². The Balaban J connectivity index is 1.56. The fourth-order valence-corrected chi connectivity index (χ4v) is 4.88. The van der Waals surface area contributed by atoms with E-state index in [1.165, 1.54) is 6.21 Å². The van der Waals surface area contributed by atoms with Crippen LogP contribution in [-0.2, 0) is 0 Å². The van der Waals surface area contributed by atoms with Gasteiger partial charge in [-0.3, -0.25) is 9.59 Å². The van der Waals surface area contributed by atoms with Gasteiger partial charge in [-0.25, -0.2) is 10.4 Å². The van der Waals surface area contributed by atoms with Crippen LogP contribution in [0.3, 0.4) is 0 Å². The molecule has 0 radical (unpaired) electrons. The fourth-order valence-electron chi connectivity index (χ4n) is 3.85. The first-order valence-corrected chi connectivity index (χ1v) is 12.7. The Morgan fingerprint density at radius 1 is 0.789 bits per heavy atom. The number of amides is 1. The smallest absolute Gasteiger partial charge is 0.273 e. The molecule has 0 fully saturated rings. The Kier molecular flexibility index (Phi) is 7.49. The minimum absolute atomic E-state index is 0.0158. The number of aromatic amines is 1. The van der Waals surface area contributed by atoms with E-state index < -0.39 is 5.91 Å². The molecule has 4 aromatic carbocycles. The van der Waals surface area contributed by atoms with Gasteiger partial charge in [-0.2, -0.15) is 5.10 Å². The summed E-state index contributed by atoms with van der Waals surface area (Å²) in [6, 6.07) is 23.2. The summed E-state index contributed by atoms with van der Waals surface area (Å²) in [5.41, 5.74) is 5.42. The number of nitrogens with one attached hydrogen (secondary N) is 2. The van der Waals surface area contributed by atoms with E-state index >= 15 is 0 Å². The van der Waals surface area contributed by atoms with Gasteiger partial charge in [-0.1, -0.05) is 107 Å². The molecule has 38 heavy (non-hydrogen) atoms. The maximum absolute atomic E-state index is 13.2. The van der Waals surface area contributed by atoms with Gasteiger partial charge in [0, 0.05) is 11.1 Å². The number of fused-ring (bicyclic) bond motifs is 1. The lowest BCUT2D eigenvalue weighted by Gasteiger charge is -2.14. The molecule has 0 aliphatic rings. The molecule has 0 bridgehead atoms. The number of imidazole rings is 1. The van der Waals surface area contributed by atoms with E-state index in [2.05, 4.69) is 20.5 Å². The Bertz CT molecular complexity index is 1720. The number of benzene rings is 4. The summed E-state index contributed by atoms with van der Waals surface area (Å²) < 4.78 is 0. The normalized spacial score (nSPS) is 11.3. The van der Waals surface area contributed by atoms with Crippen LogP contribution in [0.25, 0.3) is 22.4 Å². The average molecular weight is 582 g/mol. The quantitative estimate of drug-likeness (QED) is 0.0704. The predicted molar refractivity (Wildman–Crippen MR) is 153 cm³/mol. The summed E-state index contributed by atoms with van der Waals surface area (Å²) in [7, 11) is 0. The zero-order valence-corrected chi connectivity index (χ0v) is 22.3. The molecule has 1 aromatic heterocycles. The molecule has 0 saturated heterocycles. The van der Waals surface area contributed by atoms with Gasteiger partial charge in [0.1, 0.15) is 5.82 Å². The highest BCUT2D eigenvalue weighted by atomic mass is 35.5. The molecule has 5 aromatic rings. The zero-order chi connectivity index (χ0) is 26.8. The van der Waals surface area contributed by atoms with E-state index in [4.69, 9.17) is 46.4 Å². The Morgan fingerprint density at radius 3 is 2.16 bits per heavy atom. The average Bonchev–Trinajstić information content (AvgIpc) is 3.37. The highest BCUT2D eigenvalue weighted by molar-refractivity contribution is 6.54. The number of hydrogen-bond donors (Lipinski definition) is 2. The second-order valence-corrected chi connectivity index (χ2v) is 9.64. The highest BCUT2D eigenvalue weighted by Gasteiger charge is 2.28. The van der Waals surface area contributed by atoms with E-state index in [1.54, 1.807) is 42.5 Å². The molecular weight excluding hydrogens is 566 g/mol. The molecule has 6 nitrogen and oxygen atoms in total. The van der Waals surface area contributed by atoms with Crippen LogP contribution < -0.4 is 5.43 Å². The molecule has 0 saturated carbocycles. The molecule has 0 aliphatic carbocycles. The van der Waals surface area contributed by atoms with E-state index in [0.29, 0.717) is 22.2 Å². The number of ketones is 1. The van der Waals surface area contributed by atoms with Crippen LogP contribution in [0.2, 0.25) is 20.1 Å². The summed E-state index contributed by atoms with van der Waals surface area (Å²) in [6.45, 7) is 0. The number of hydrogen-bond acceptors (Lipinski definition) is 4. The molecule has 2 N–H and O–H groups in total. The van der Waals surface area contributed by atoms with Crippen LogP contribution in [0.5, 0.6) is 0 Å². The second kappa shape index (κ2) is 11.0. The maximum Gasteiger partial charge on any atom is 0.273 e. The lowest BCUT2D eigenvalue weighted by Crippen LogP contribution is -2.20. The Labute approximate surface area is 237 Å². The number of carbonyl (C=O) groups is 2. The molecule has 0 atom stereocenters. The topological polar surface area (TPSA) is 87.2 Å². The van der Waals surface area contributed by atoms with E-state index in [1.807, 2.05) is 36.4 Å². The Morgan fingerprint density at radius 2 is 1.45 bits per heavy atom. The highest BCUT2D eigenvalue weighted by Crippen LogP contribution is 2.45. The molecule has 10 heteroatoms. The number of carbonyl (C=O) groups excluding carboxylic acids is 2. The van der Waals surface area contributed by atoms with E-state index in [0.717, 1.165) is 5.56 Å². The third-order valence-corrected chi connectivity index (χ3v) is 7.49. The number of aromatic nitrogens is 2. The van der Waals surface area contributed by atoms with Crippen molar-refractivity contribution in [2.75, 3.05) is 0 Å². The minimum atomic E-state index is -0.668. The fraction of sp³-hybridized carbons (Fsp3) is 0. The Hall–Kier alpha value is -3.68. The lowest BCUT2D eigenvalue weighted by molar-refractivity contribution is 0.0955. The summed E-state index contributed by atoms with van der Waals surface area (Å²) in [5, 5.41) is 3.78. The first-order chi connectivity index (χ1) is 18.3. The number of nitrogens with zero attached hydrogens (tertiary/aromatic N) is 2. The van der Waals surface area contributed by atoms with Gasteiger partial charge in [0.15, 0.2) is 5.78 Å². The van der Waals surface area contributed by atoms with Crippen molar-refractivity contribution in [2.45, 2.75) is 0 Å². The summed E-state index contributed by atoms with van der Waals surface area (Å²) in [6.07, 6.45) is 1.48. The van der Waals surface area contributed by atoms with Crippen LogP contribution in [0.4, 0.5) is 0 Å². The second-order valence-electron chi connectivity index (χ2n) is 8.13. The van der Waals surface area contributed by atoms with Crippen molar-refractivity contribution in [1.29, 1.82) is 0 Å². The van der Waals surface area contributed by atoms with Crippen molar-refractivity contribution in [3.05, 3.63) is 121 Å². The van der Waals surface area contributed by atoms with E-state index in [9.17, 15) is 9.59 Å². The number of H-pyrrole nitrogens is 1. The van der Waals surface area contributed by atoms with Gasteiger partial charge in [-0.15, -0.1) is 0 Å². The lowest BCUT2D eigenvalue weighted by atomic mass is 10.0. The molecule has 0 aliphatic heterocycles. The van der Waals surface area contributed by atoms with Crippen molar-refractivity contribution in [2.24, 2.45) is 5.10 Å². The molecule has 5 rings (SSSR count). The van der Waals surface area contributed by atoms with Gasteiger partial charge in [0.05, 0.1) is 48.5 Å². The van der Waals surface area contributed by atoms with Crippen molar-refractivity contribution in [1.82, 2.24) is 15.4 Å². The predicted octanol–water partition coefficient (Wildman–Crippen LogP) is 7.84. The summed E-state index contributed by atoms with van der Waals surface area (Å²) in [5.74, 6) is -0.597. The monoisotopic (exact) mass is 580 g/mol. The van der Waals surface area contributed by atoms with Crippen LogP contribution in [-0.4, -0.2) is 27.9 Å². The van der Waals surface area contributed by atoms with Gasteiger partial charge >= 0.3 is 0 Å². The number of hydrazone groups is 1. The number of rotatable bonds is 6. The molecule has 188 valence electrons. The zero-order valence-electron chi connectivity index (χ0n) is 19.3. The first kappa shape index (κ1) is 25.9. The van der Waals surface area contributed by atoms with Crippen LogP contribution in [0, 0.1) is 0 Å².